The molecule has 1 aromatic carbocycles. The summed E-state index contributed by atoms with van der Waals surface area (Å²) in [5.41, 5.74) is 1.57. The molecular weight excluding hydrogens is 366 g/mol. The van der Waals surface area contributed by atoms with E-state index in [1.54, 1.807) is 12.1 Å². The molecule has 148 valence electrons. The van der Waals surface area contributed by atoms with E-state index < -0.39 is 0 Å². The largest absolute Gasteiger partial charge is 0.493 e. The molecule has 0 aliphatic rings. The molecule has 0 saturated carbocycles. The predicted octanol–water partition coefficient (Wildman–Crippen LogP) is 4.10. The van der Waals surface area contributed by atoms with E-state index >= 15 is 0 Å². The number of hydrogen-bond acceptors (Lipinski definition) is 4. The lowest BCUT2D eigenvalue weighted by atomic mass is 10.1. The molecule has 1 amide bonds. The summed E-state index contributed by atoms with van der Waals surface area (Å²) in [7, 11) is 1.54. The Morgan fingerprint density at radius 1 is 1.37 bits per heavy atom. The highest BCUT2D eigenvalue weighted by atomic mass is 35.5. The molecule has 7 heteroatoms. The second kappa shape index (κ2) is 10.2. The Bertz CT molecular complexity index is 759. The van der Waals surface area contributed by atoms with Gasteiger partial charge in [-0.25, -0.2) is 0 Å². The molecular formula is C20H28ClN3O3. The van der Waals surface area contributed by atoms with Crippen molar-refractivity contribution in [3.05, 3.63) is 40.7 Å². The van der Waals surface area contributed by atoms with Crippen LogP contribution in [0.4, 0.5) is 0 Å². The summed E-state index contributed by atoms with van der Waals surface area (Å²) in [6.45, 7) is 8.10. The standard InChI is InChI=1S/C20H28ClN3O3/c1-14(2)6-9-27-19-17(21)10-16(11-18(19)26-4)20(25)22-7-5-8-24-13-15(3)12-23-24/h10-14H,5-9H2,1-4H3,(H,22,25). The van der Waals surface area contributed by atoms with Gasteiger partial charge >= 0.3 is 0 Å². The second-order valence-electron chi connectivity index (χ2n) is 6.91. The van der Waals surface area contributed by atoms with Crippen LogP contribution >= 0.6 is 11.6 Å². The maximum Gasteiger partial charge on any atom is 0.251 e. The number of aromatic nitrogens is 2. The Hall–Kier alpha value is -2.21. The van der Waals surface area contributed by atoms with Gasteiger partial charge in [-0.3, -0.25) is 9.48 Å². The molecule has 2 rings (SSSR count). The molecule has 0 radical (unpaired) electrons. The van der Waals surface area contributed by atoms with Crippen LogP contribution in [-0.4, -0.2) is 35.9 Å². The number of halogens is 1. The first-order valence-electron chi connectivity index (χ1n) is 9.18. The fourth-order valence-corrected chi connectivity index (χ4v) is 2.79. The van der Waals surface area contributed by atoms with E-state index in [4.69, 9.17) is 21.1 Å². The van der Waals surface area contributed by atoms with Crippen LogP contribution in [0.1, 0.15) is 42.6 Å². The third-order valence-corrected chi connectivity index (χ3v) is 4.33. The summed E-state index contributed by atoms with van der Waals surface area (Å²) < 4.78 is 13.0. The Kier molecular flexibility index (Phi) is 7.98. The monoisotopic (exact) mass is 393 g/mol. The molecule has 1 aromatic heterocycles. The van der Waals surface area contributed by atoms with E-state index in [9.17, 15) is 4.79 Å². The van der Waals surface area contributed by atoms with Gasteiger partial charge in [0.1, 0.15) is 0 Å². The SMILES string of the molecule is COc1cc(C(=O)NCCCn2cc(C)cn2)cc(Cl)c1OCCC(C)C. The van der Waals surface area contributed by atoms with Gasteiger partial charge in [0.25, 0.3) is 5.91 Å². The predicted molar refractivity (Wildman–Crippen MR) is 107 cm³/mol. The molecule has 0 saturated heterocycles. The van der Waals surface area contributed by atoms with Crippen molar-refractivity contribution >= 4 is 17.5 Å². The zero-order valence-electron chi connectivity index (χ0n) is 16.4. The van der Waals surface area contributed by atoms with Crippen molar-refractivity contribution in [2.24, 2.45) is 5.92 Å². The number of hydrogen-bond donors (Lipinski definition) is 1. The van der Waals surface area contributed by atoms with E-state index in [1.165, 1.54) is 7.11 Å². The molecule has 2 aromatic rings. The van der Waals surface area contributed by atoms with Gasteiger partial charge in [0.2, 0.25) is 0 Å². The first-order valence-corrected chi connectivity index (χ1v) is 9.56. The quantitative estimate of drug-likeness (QED) is 0.617. The van der Waals surface area contributed by atoms with Crippen molar-refractivity contribution in [1.29, 1.82) is 0 Å². The van der Waals surface area contributed by atoms with Crippen LogP contribution < -0.4 is 14.8 Å². The molecule has 0 spiro atoms. The van der Waals surface area contributed by atoms with Crippen molar-refractivity contribution in [2.45, 2.75) is 40.2 Å². The minimum atomic E-state index is -0.194. The number of aryl methyl sites for hydroxylation is 2. The molecule has 6 nitrogen and oxygen atoms in total. The molecule has 0 aliphatic heterocycles. The average Bonchev–Trinajstić information content (AvgIpc) is 3.04. The fraction of sp³-hybridized carbons (Fsp3) is 0.500. The highest BCUT2D eigenvalue weighted by Crippen LogP contribution is 2.36. The van der Waals surface area contributed by atoms with Crippen LogP contribution in [0, 0.1) is 12.8 Å². The number of nitrogens with zero attached hydrogens (tertiary/aromatic N) is 2. The maximum absolute atomic E-state index is 12.4. The fourth-order valence-electron chi connectivity index (χ4n) is 2.52. The first-order chi connectivity index (χ1) is 12.9. The van der Waals surface area contributed by atoms with Crippen LogP contribution in [0.5, 0.6) is 11.5 Å². The lowest BCUT2D eigenvalue weighted by molar-refractivity contribution is 0.0952. The molecule has 0 atom stereocenters. The van der Waals surface area contributed by atoms with Crippen molar-refractivity contribution in [1.82, 2.24) is 15.1 Å². The molecule has 0 bridgehead atoms. The van der Waals surface area contributed by atoms with Gasteiger partial charge < -0.3 is 14.8 Å². The van der Waals surface area contributed by atoms with Gasteiger partial charge in [-0.05, 0) is 43.4 Å². The number of rotatable bonds is 10. The minimum Gasteiger partial charge on any atom is -0.493 e. The zero-order valence-corrected chi connectivity index (χ0v) is 17.2. The van der Waals surface area contributed by atoms with Gasteiger partial charge in [0.05, 0.1) is 24.9 Å². The van der Waals surface area contributed by atoms with Crippen molar-refractivity contribution < 1.29 is 14.3 Å². The Labute approximate surface area is 165 Å². The van der Waals surface area contributed by atoms with Gasteiger partial charge in [-0.2, -0.15) is 5.10 Å². The zero-order chi connectivity index (χ0) is 19.8. The molecule has 1 N–H and O–H groups in total. The third-order valence-electron chi connectivity index (χ3n) is 4.05. The summed E-state index contributed by atoms with van der Waals surface area (Å²) in [6.07, 6.45) is 5.49. The van der Waals surface area contributed by atoms with Crippen LogP contribution in [0.2, 0.25) is 5.02 Å². The number of nitrogens with one attached hydrogen (secondary N) is 1. The summed E-state index contributed by atoms with van der Waals surface area (Å²) in [6, 6.07) is 3.27. The minimum absolute atomic E-state index is 0.194. The topological polar surface area (TPSA) is 65.4 Å². The maximum atomic E-state index is 12.4. The van der Waals surface area contributed by atoms with Crippen LogP contribution in [0.15, 0.2) is 24.5 Å². The van der Waals surface area contributed by atoms with Crippen molar-refractivity contribution in [3.8, 4) is 11.5 Å². The average molecular weight is 394 g/mol. The molecule has 27 heavy (non-hydrogen) atoms. The van der Waals surface area contributed by atoms with E-state index in [0.29, 0.717) is 41.2 Å². The van der Waals surface area contributed by atoms with Gasteiger partial charge in [-0.15, -0.1) is 0 Å². The van der Waals surface area contributed by atoms with Crippen molar-refractivity contribution in [2.75, 3.05) is 20.3 Å². The van der Waals surface area contributed by atoms with Gasteiger partial charge in [-0.1, -0.05) is 25.4 Å². The highest BCUT2D eigenvalue weighted by molar-refractivity contribution is 6.32. The summed E-state index contributed by atoms with van der Waals surface area (Å²) in [5, 5.41) is 7.49. The van der Waals surface area contributed by atoms with Crippen molar-refractivity contribution in [3.63, 3.8) is 0 Å². The Morgan fingerprint density at radius 2 is 2.15 bits per heavy atom. The number of carbonyl (C=O) groups is 1. The molecule has 0 fully saturated rings. The molecule has 0 aliphatic carbocycles. The number of methoxy groups -OCH3 is 1. The summed E-state index contributed by atoms with van der Waals surface area (Å²) in [5.74, 6) is 1.28. The smallest absolute Gasteiger partial charge is 0.251 e. The number of amides is 1. The third kappa shape index (κ3) is 6.47. The Balaban J connectivity index is 1.92. The summed E-state index contributed by atoms with van der Waals surface area (Å²) in [4.78, 5) is 12.4. The van der Waals surface area contributed by atoms with Gasteiger partial charge in [0.15, 0.2) is 11.5 Å². The van der Waals surface area contributed by atoms with E-state index in [2.05, 4.69) is 24.3 Å². The first kappa shape index (κ1) is 21.1. The lowest BCUT2D eigenvalue weighted by Crippen LogP contribution is -2.25. The lowest BCUT2D eigenvalue weighted by Gasteiger charge is -2.15. The summed E-state index contributed by atoms with van der Waals surface area (Å²) >= 11 is 6.32. The van der Waals surface area contributed by atoms with Crippen LogP contribution in [-0.2, 0) is 6.54 Å². The number of benzene rings is 1. The molecule has 1 heterocycles. The Morgan fingerprint density at radius 3 is 2.78 bits per heavy atom. The highest BCUT2D eigenvalue weighted by Gasteiger charge is 2.16. The molecule has 0 unspecified atom stereocenters. The van der Waals surface area contributed by atoms with Crippen LogP contribution in [0.3, 0.4) is 0 Å². The van der Waals surface area contributed by atoms with Gasteiger partial charge in [0, 0.05) is 24.8 Å². The second-order valence-corrected chi connectivity index (χ2v) is 7.32. The van der Waals surface area contributed by atoms with E-state index in [1.807, 2.05) is 24.0 Å². The van der Waals surface area contributed by atoms with E-state index in [-0.39, 0.29) is 5.91 Å². The normalized spacial score (nSPS) is 10.9. The number of ether oxygens (including phenoxy) is 2. The van der Waals surface area contributed by atoms with E-state index in [0.717, 1.165) is 24.9 Å². The van der Waals surface area contributed by atoms with Crippen LogP contribution in [0.25, 0.3) is 0 Å². The number of carbonyl (C=O) groups excluding carboxylic acids is 1.